The van der Waals surface area contributed by atoms with Gasteiger partial charge in [-0.1, -0.05) is 38.8 Å². The van der Waals surface area contributed by atoms with Crippen LogP contribution in [0, 0.1) is 0 Å². The Morgan fingerprint density at radius 1 is 1.03 bits per heavy atom. The Labute approximate surface area is 227 Å². The number of methoxy groups -OCH3 is 1. The van der Waals surface area contributed by atoms with Crippen LogP contribution in [0.4, 0.5) is 0 Å². The van der Waals surface area contributed by atoms with Crippen LogP contribution in [0.3, 0.4) is 0 Å². The molecule has 0 aliphatic carbocycles. The first-order valence-electron chi connectivity index (χ1n) is 13.4. The first kappa shape index (κ1) is 26.3. The summed E-state index contributed by atoms with van der Waals surface area (Å²) in [5.74, 6) is 2.26. The number of carbonyl (C=O) groups excluding carboxylic acids is 1. The molecule has 8 nitrogen and oxygen atoms in total. The molecule has 1 unspecified atom stereocenters. The molecule has 3 aromatic carbocycles. The van der Waals surface area contributed by atoms with Crippen molar-refractivity contribution in [3.8, 4) is 22.9 Å². The lowest BCUT2D eigenvalue weighted by Gasteiger charge is -2.32. The van der Waals surface area contributed by atoms with E-state index in [1.54, 1.807) is 35.9 Å². The van der Waals surface area contributed by atoms with Gasteiger partial charge in [-0.2, -0.15) is 0 Å². The normalized spacial score (nSPS) is 12.9. The highest BCUT2D eigenvalue weighted by Gasteiger charge is 2.30. The predicted octanol–water partition coefficient (Wildman–Crippen LogP) is 5.91. The first-order valence-corrected chi connectivity index (χ1v) is 13.4. The number of amides is 1. The first-order chi connectivity index (χ1) is 19.0. The highest BCUT2D eigenvalue weighted by molar-refractivity contribution is 5.95. The molecular weight excluding hydrogens is 494 g/mol. The second-order valence-corrected chi connectivity index (χ2v) is 9.52. The number of carbonyl (C=O) groups is 1. The minimum absolute atomic E-state index is 0.139. The smallest absolute Gasteiger partial charge is 0.266 e. The van der Waals surface area contributed by atoms with Crippen LogP contribution < -0.4 is 19.8 Å². The van der Waals surface area contributed by atoms with E-state index in [-0.39, 0.29) is 18.3 Å². The quantitative estimate of drug-likeness (QED) is 0.239. The van der Waals surface area contributed by atoms with Gasteiger partial charge in [-0.25, -0.2) is 4.98 Å². The van der Waals surface area contributed by atoms with Gasteiger partial charge < -0.3 is 19.1 Å². The number of para-hydroxylation sites is 1. The fraction of sp³-hybridized carbons (Fsp3) is 0.323. The standard InChI is InChI=1S/C31H33N3O5/c1-4-6-9-18-33(30(35)21-12-17-27-28(19-21)39-20-38-27)26(5-2)29-32-25-11-8-7-10-24(25)31(36)34(29)22-13-15-23(37-3)16-14-22/h7-8,10-17,19,26H,4-6,9,18,20H2,1-3H3. The van der Waals surface area contributed by atoms with Crippen molar-refractivity contribution in [2.75, 3.05) is 20.4 Å². The van der Waals surface area contributed by atoms with Gasteiger partial charge in [0.25, 0.3) is 11.5 Å². The van der Waals surface area contributed by atoms with Gasteiger partial charge >= 0.3 is 0 Å². The van der Waals surface area contributed by atoms with Crippen LogP contribution in [0.15, 0.2) is 71.5 Å². The van der Waals surface area contributed by atoms with E-state index >= 15 is 0 Å². The molecule has 1 aliphatic heterocycles. The molecule has 0 radical (unpaired) electrons. The molecule has 5 rings (SSSR count). The average Bonchev–Trinajstić information content (AvgIpc) is 3.45. The van der Waals surface area contributed by atoms with E-state index in [0.717, 1.165) is 19.3 Å². The molecule has 0 saturated carbocycles. The van der Waals surface area contributed by atoms with Crippen LogP contribution in [-0.2, 0) is 0 Å². The molecule has 39 heavy (non-hydrogen) atoms. The lowest BCUT2D eigenvalue weighted by atomic mass is 10.1. The van der Waals surface area contributed by atoms with Crippen LogP contribution in [0.1, 0.15) is 61.8 Å². The van der Waals surface area contributed by atoms with Gasteiger partial charge in [-0.15, -0.1) is 0 Å². The molecule has 8 heteroatoms. The molecule has 4 aromatic rings. The van der Waals surface area contributed by atoms with Crippen molar-refractivity contribution in [3.05, 3.63) is 88.5 Å². The summed E-state index contributed by atoms with van der Waals surface area (Å²) in [5, 5.41) is 0.520. The van der Waals surface area contributed by atoms with Crippen molar-refractivity contribution < 1.29 is 19.0 Å². The van der Waals surface area contributed by atoms with Crippen LogP contribution in [0.2, 0.25) is 0 Å². The van der Waals surface area contributed by atoms with E-state index < -0.39 is 6.04 Å². The monoisotopic (exact) mass is 527 g/mol. The molecule has 202 valence electrons. The number of aromatic nitrogens is 2. The van der Waals surface area contributed by atoms with Gasteiger partial charge in [0, 0.05) is 12.1 Å². The summed E-state index contributed by atoms with van der Waals surface area (Å²) in [6, 6.07) is 19.5. The third kappa shape index (κ3) is 5.19. The van der Waals surface area contributed by atoms with Gasteiger partial charge in [0.2, 0.25) is 6.79 Å². The van der Waals surface area contributed by atoms with Crippen molar-refractivity contribution >= 4 is 16.8 Å². The van der Waals surface area contributed by atoms with Gasteiger partial charge in [-0.05, 0) is 67.4 Å². The van der Waals surface area contributed by atoms with Gasteiger partial charge in [0.1, 0.15) is 11.6 Å². The van der Waals surface area contributed by atoms with Gasteiger partial charge in [-0.3, -0.25) is 14.2 Å². The Hall–Kier alpha value is -4.33. The van der Waals surface area contributed by atoms with Crippen LogP contribution in [0.5, 0.6) is 17.2 Å². The highest BCUT2D eigenvalue weighted by atomic mass is 16.7. The molecule has 2 heterocycles. The van der Waals surface area contributed by atoms with Crippen LogP contribution >= 0.6 is 0 Å². The van der Waals surface area contributed by atoms with E-state index in [9.17, 15) is 9.59 Å². The SMILES string of the molecule is CCCCCN(C(=O)c1ccc2c(c1)OCO2)C(CC)c1nc2ccccc2c(=O)n1-c1ccc(OC)cc1. The van der Waals surface area contributed by atoms with Crippen molar-refractivity contribution in [1.82, 2.24) is 14.5 Å². The second-order valence-electron chi connectivity index (χ2n) is 9.52. The Bertz CT molecular complexity index is 1530. The molecule has 1 aromatic heterocycles. The van der Waals surface area contributed by atoms with E-state index in [0.29, 0.717) is 58.2 Å². The maximum absolute atomic E-state index is 14.1. The zero-order valence-electron chi connectivity index (χ0n) is 22.6. The molecule has 0 bridgehead atoms. The van der Waals surface area contributed by atoms with Gasteiger partial charge in [0.05, 0.1) is 29.7 Å². The summed E-state index contributed by atoms with van der Waals surface area (Å²) in [5.41, 5.74) is 1.60. The maximum atomic E-state index is 14.1. The van der Waals surface area contributed by atoms with Crippen molar-refractivity contribution in [2.45, 2.75) is 45.6 Å². The Morgan fingerprint density at radius 3 is 2.54 bits per heavy atom. The molecule has 0 N–H and O–H groups in total. The van der Waals surface area contributed by atoms with E-state index in [1.807, 2.05) is 54.3 Å². The van der Waals surface area contributed by atoms with Crippen LogP contribution in [0.25, 0.3) is 16.6 Å². The summed E-state index contributed by atoms with van der Waals surface area (Å²) < 4.78 is 17.9. The fourth-order valence-electron chi connectivity index (χ4n) is 5.02. The number of unbranched alkanes of at least 4 members (excludes halogenated alkanes) is 2. The summed E-state index contributed by atoms with van der Waals surface area (Å²) in [7, 11) is 1.60. The summed E-state index contributed by atoms with van der Waals surface area (Å²) in [6.07, 6.45) is 3.42. The molecule has 1 aliphatic rings. The van der Waals surface area contributed by atoms with E-state index in [4.69, 9.17) is 19.2 Å². The van der Waals surface area contributed by atoms with E-state index in [1.165, 1.54) is 0 Å². The summed E-state index contributed by atoms with van der Waals surface area (Å²) in [6.45, 7) is 4.82. The number of ether oxygens (including phenoxy) is 3. The highest BCUT2D eigenvalue weighted by Crippen LogP contribution is 2.34. The zero-order chi connectivity index (χ0) is 27.4. The lowest BCUT2D eigenvalue weighted by molar-refractivity contribution is 0.0654. The number of hydrogen-bond acceptors (Lipinski definition) is 6. The predicted molar refractivity (Wildman–Crippen MR) is 150 cm³/mol. The second kappa shape index (κ2) is 11.6. The molecule has 0 saturated heterocycles. The molecule has 1 amide bonds. The third-order valence-electron chi connectivity index (χ3n) is 7.08. The van der Waals surface area contributed by atoms with Crippen molar-refractivity contribution in [2.24, 2.45) is 0 Å². The van der Waals surface area contributed by atoms with Crippen LogP contribution in [-0.4, -0.2) is 40.8 Å². The number of fused-ring (bicyclic) bond motifs is 2. The summed E-state index contributed by atoms with van der Waals surface area (Å²) in [4.78, 5) is 34.9. The average molecular weight is 528 g/mol. The fourth-order valence-corrected chi connectivity index (χ4v) is 5.02. The largest absolute Gasteiger partial charge is 0.497 e. The zero-order valence-corrected chi connectivity index (χ0v) is 22.6. The number of rotatable bonds is 10. The maximum Gasteiger partial charge on any atom is 0.266 e. The number of hydrogen-bond donors (Lipinski definition) is 0. The lowest BCUT2D eigenvalue weighted by Crippen LogP contribution is -2.39. The summed E-state index contributed by atoms with van der Waals surface area (Å²) >= 11 is 0. The molecule has 0 spiro atoms. The Morgan fingerprint density at radius 2 is 1.79 bits per heavy atom. The Kier molecular flexibility index (Phi) is 7.81. The molecule has 1 atom stereocenters. The van der Waals surface area contributed by atoms with Crippen molar-refractivity contribution in [1.29, 1.82) is 0 Å². The number of nitrogens with zero attached hydrogens (tertiary/aromatic N) is 3. The van der Waals surface area contributed by atoms with Crippen molar-refractivity contribution in [3.63, 3.8) is 0 Å². The number of benzene rings is 3. The Balaban J connectivity index is 1.66. The van der Waals surface area contributed by atoms with E-state index in [2.05, 4.69) is 6.92 Å². The third-order valence-corrected chi connectivity index (χ3v) is 7.08. The minimum atomic E-state index is -0.445. The minimum Gasteiger partial charge on any atom is -0.497 e. The topological polar surface area (TPSA) is 82.9 Å². The molecule has 0 fully saturated rings. The van der Waals surface area contributed by atoms with Gasteiger partial charge in [0.15, 0.2) is 11.5 Å². The molecular formula is C31H33N3O5.